The van der Waals surface area contributed by atoms with Crippen molar-refractivity contribution in [3.63, 3.8) is 0 Å². The SMILES string of the molecule is O=C(Nc1cc2cc(-c3cnc4n3CCNC4)cnc2cn1)C1CC(F)(F)C1. The number of anilines is 1. The second kappa shape index (κ2) is 6.30. The first-order valence-corrected chi connectivity index (χ1v) is 9.18. The predicted octanol–water partition coefficient (Wildman–Crippen LogP) is 2.58. The van der Waals surface area contributed by atoms with Crippen LogP contribution in [0, 0.1) is 5.92 Å². The zero-order valence-electron chi connectivity index (χ0n) is 15.0. The zero-order chi connectivity index (χ0) is 19.3. The summed E-state index contributed by atoms with van der Waals surface area (Å²) < 4.78 is 28.1. The fourth-order valence-corrected chi connectivity index (χ4v) is 3.74. The van der Waals surface area contributed by atoms with Gasteiger partial charge in [-0.15, -0.1) is 0 Å². The molecule has 1 amide bonds. The van der Waals surface area contributed by atoms with Crippen molar-refractivity contribution in [2.24, 2.45) is 5.92 Å². The minimum Gasteiger partial charge on any atom is -0.326 e. The molecule has 144 valence electrons. The van der Waals surface area contributed by atoms with Gasteiger partial charge in [-0.05, 0) is 12.1 Å². The lowest BCUT2D eigenvalue weighted by Crippen LogP contribution is -2.42. The molecule has 1 fully saturated rings. The van der Waals surface area contributed by atoms with Crippen LogP contribution in [0.15, 0.2) is 30.7 Å². The van der Waals surface area contributed by atoms with Crippen LogP contribution in [-0.4, -0.2) is 37.9 Å². The molecule has 28 heavy (non-hydrogen) atoms. The van der Waals surface area contributed by atoms with Crippen LogP contribution in [0.1, 0.15) is 18.7 Å². The smallest absolute Gasteiger partial charge is 0.249 e. The number of nitrogens with zero attached hydrogens (tertiary/aromatic N) is 4. The summed E-state index contributed by atoms with van der Waals surface area (Å²) in [6.07, 6.45) is 4.38. The van der Waals surface area contributed by atoms with E-state index in [2.05, 4.69) is 30.2 Å². The molecule has 0 saturated heterocycles. The number of fused-ring (bicyclic) bond motifs is 2. The highest BCUT2D eigenvalue weighted by molar-refractivity contribution is 5.94. The summed E-state index contributed by atoms with van der Waals surface area (Å²) in [6.45, 7) is 2.46. The minimum absolute atomic E-state index is 0.339. The molecule has 1 saturated carbocycles. The summed E-state index contributed by atoms with van der Waals surface area (Å²) in [4.78, 5) is 25.2. The summed E-state index contributed by atoms with van der Waals surface area (Å²) in [7, 11) is 0. The van der Waals surface area contributed by atoms with Crippen molar-refractivity contribution in [3.05, 3.63) is 36.5 Å². The summed E-state index contributed by atoms with van der Waals surface area (Å²) in [6, 6.07) is 3.69. The largest absolute Gasteiger partial charge is 0.326 e. The lowest BCUT2D eigenvalue weighted by molar-refractivity contribution is -0.145. The molecular formula is C19H18F2N6O. The van der Waals surface area contributed by atoms with Crippen molar-refractivity contribution in [2.75, 3.05) is 11.9 Å². The van der Waals surface area contributed by atoms with Gasteiger partial charge in [0.15, 0.2) is 0 Å². The Labute approximate surface area is 159 Å². The summed E-state index contributed by atoms with van der Waals surface area (Å²) in [5, 5.41) is 6.74. The molecule has 0 radical (unpaired) electrons. The highest BCUT2D eigenvalue weighted by Crippen LogP contribution is 2.42. The predicted molar refractivity (Wildman–Crippen MR) is 98.8 cm³/mol. The minimum atomic E-state index is -2.72. The van der Waals surface area contributed by atoms with E-state index in [4.69, 9.17) is 0 Å². The average Bonchev–Trinajstić information content (AvgIpc) is 3.09. The van der Waals surface area contributed by atoms with Gasteiger partial charge in [0.05, 0.1) is 30.1 Å². The van der Waals surface area contributed by atoms with Crippen molar-refractivity contribution >= 4 is 22.6 Å². The van der Waals surface area contributed by atoms with Crippen molar-refractivity contribution in [2.45, 2.75) is 31.9 Å². The molecule has 4 heterocycles. The van der Waals surface area contributed by atoms with Crippen LogP contribution in [0.3, 0.4) is 0 Å². The molecule has 1 aliphatic carbocycles. The van der Waals surface area contributed by atoms with E-state index >= 15 is 0 Å². The van der Waals surface area contributed by atoms with Gasteiger partial charge in [0.1, 0.15) is 11.6 Å². The van der Waals surface area contributed by atoms with E-state index in [1.54, 1.807) is 18.5 Å². The van der Waals surface area contributed by atoms with Crippen molar-refractivity contribution in [1.29, 1.82) is 0 Å². The van der Waals surface area contributed by atoms with E-state index in [1.165, 1.54) is 0 Å². The lowest BCUT2D eigenvalue weighted by atomic mass is 9.81. The molecule has 1 aliphatic heterocycles. The first-order chi connectivity index (χ1) is 13.5. The number of amides is 1. The van der Waals surface area contributed by atoms with Gasteiger partial charge in [-0.25, -0.2) is 18.7 Å². The highest BCUT2D eigenvalue weighted by Gasteiger charge is 2.48. The normalized spacial score (nSPS) is 18.5. The van der Waals surface area contributed by atoms with Crippen LogP contribution in [-0.2, 0) is 17.9 Å². The number of carbonyl (C=O) groups excluding carboxylic acids is 1. The molecule has 7 nitrogen and oxygen atoms in total. The number of carbonyl (C=O) groups is 1. The van der Waals surface area contributed by atoms with Gasteiger partial charge in [-0.3, -0.25) is 9.78 Å². The standard InChI is InChI=1S/C19H18F2N6O/c20-19(21)5-13(6-19)18(28)26-16-4-11-3-12(7-23-14(11)8-24-16)15-9-25-17-10-22-1-2-27(15)17/h3-4,7-9,13,22H,1-2,5-6,10H2,(H,24,26,28). The van der Waals surface area contributed by atoms with Gasteiger partial charge in [-0.2, -0.15) is 0 Å². The molecule has 3 aromatic heterocycles. The topological polar surface area (TPSA) is 84.7 Å². The maximum Gasteiger partial charge on any atom is 0.249 e. The summed E-state index contributed by atoms with van der Waals surface area (Å²) in [5.41, 5.74) is 2.61. The molecule has 5 rings (SSSR count). The Morgan fingerprint density at radius 1 is 1.18 bits per heavy atom. The third-order valence-electron chi connectivity index (χ3n) is 5.31. The van der Waals surface area contributed by atoms with Crippen LogP contribution < -0.4 is 10.6 Å². The van der Waals surface area contributed by atoms with Gasteiger partial charge in [0.25, 0.3) is 0 Å². The van der Waals surface area contributed by atoms with Crippen LogP contribution in [0.4, 0.5) is 14.6 Å². The number of pyridine rings is 2. The fraction of sp³-hybridized carbons (Fsp3) is 0.368. The van der Waals surface area contributed by atoms with E-state index in [0.717, 1.165) is 42.1 Å². The fourth-order valence-electron chi connectivity index (χ4n) is 3.74. The Bertz CT molecular complexity index is 1070. The first kappa shape index (κ1) is 17.2. The molecule has 0 atom stereocenters. The van der Waals surface area contributed by atoms with E-state index in [-0.39, 0.29) is 0 Å². The zero-order valence-corrected chi connectivity index (χ0v) is 15.0. The second-order valence-corrected chi connectivity index (χ2v) is 7.32. The third-order valence-corrected chi connectivity index (χ3v) is 5.31. The maximum atomic E-state index is 13.0. The number of imidazole rings is 1. The Hall–Kier alpha value is -2.94. The van der Waals surface area contributed by atoms with E-state index in [9.17, 15) is 13.6 Å². The number of alkyl halides is 2. The number of hydrogen-bond donors (Lipinski definition) is 2. The Balaban J connectivity index is 1.42. The quantitative estimate of drug-likeness (QED) is 0.725. The molecule has 0 spiro atoms. The number of rotatable bonds is 3. The van der Waals surface area contributed by atoms with Gasteiger partial charge >= 0.3 is 0 Å². The average molecular weight is 384 g/mol. The molecule has 0 aromatic carbocycles. The molecule has 3 aromatic rings. The Morgan fingerprint density at radius 3 is 2.86 bits per heavy atom. The van der Waals surface area contributed by atoms with E-state index in [1.807, 2.05) is 12.3 Å². The van der Waals surface area contributed by atoms with Gasteiger partial charge < -0.3 is 15.2 Å². The lowest BCUT2D eigenvalue weighted by Gasteiger charge is -2.33. The molecule has 2 N–H and O–H groups in total. The maximum absolute atomic E-state index is 13.0. The molecule has 2 aliphatic rings. The Kier molecular flexibility index (Phi) is 3.87. The van der Waals surface area contributed by atoms with Crippen molar-refractivity contribution < 1.29 is 13.6 Å². The van der Waals surface area contributed by atoms with Crippen LogP contribution in [0.2, 0.25) is 0 Å². The number of nitrogens with one attached hydrogen (secondary N) is 2. The van der Waals surface area contributed by atoms with Crippen molar-refractivity contribution in [3.8, 4) is 11.3 Å². The van der Waals surface area contributed by atoms with E-state index < -0.39 is 30.6 Å². The Morgan fingerprint density at radius 2 is 2.04 bits per heavy atom. The number of hydrogen-bond acceptors (Lipinski definition) is 5. The molecule has 0 unspecified atom stereocenters. The third kappa shape index (κ3) is 3.01. The van der Waals surface area contributed by atoms with Crippen LogP contribution in [0.25, 0.3) is 22.2 Å². The summed E-state index contributed by atoms with van der Waals surface area (Å²) >= 11 is 0. The van der Waals surface area contributed by atoms with Crippen LogP contribution in [0.5, 0.6) is 0 Å². The molecule has 9 heteroatoms. The second-order valence-electron chi connectivity index (χ2n) is 7.32. The number of halogens is 2. The van der Waals surface area contributed by atoms with Crippen LogP contribution >= 0.6 is 0 Å². The van der Waals surface area contributed by atoms with E-state index in [0.29, 0.717) is 11.3 Å². The molecular weight excluding hydrogens is 366 g/mol. The van der Waals surface area contributed by atoms with Gasteiger partial charge in [0, 0.05) is 49.0 Å². The first-order valence-electron chi connectivity index (χ1n) is 9.18. The molecule has 0 bridgehead atoms. The van der Waals surface area contributed by atoms with Gasteiger partial charge in [0.2, 0.25) is 11.8 Å². The van der Waals surface area contributed by atoms with Gasteiger partial charge in [-0.1, -0.05) is 0 Å². The van der Waals surface area contributed by atoms with Crippen molar-refractivity contribution in [1.82, 2.24) is 24.8 Å². The monoisotopic (exact) mass is 384 g/mol. The summed E-state index contributed by atoms with van der Waals surface area (Å²) in [5.74, 6) is -2.48. The highest BCUT2D eigenvalue weighted by atomic mass is 19.3. The number of aromatic nitrogens is 4.